The molecule has 0 radical (unpaired) electrons. The second kappa shape index (κ2) is 3.59. The predicted octanol–water partition coefficient (Wildman–Crippen LogP) is 3.00. The number of rotatable bonds is 2. The Kier molecular flexibility index (Phi) is 2.46. The molecule has 0 fully saturated rings. The second-order valence-electron chi connectivity index (χ2n) is 2.60. The van der Waals surface area contributed by atoms with E-state index in [2.05, 4.69) is 33.0 Å². The lowest BCUT2D eigenvalue weighted by Crippen LogP contribution is -1.78. The second-order valence-corrected chi connectivity index (χ2v) is 4.27. The third-order valence-corrected chi connectivity index (χ3v) is 2.93. The fraction of sp³-hybridized carbons (Fsp3) is 0.250. The lowest BCUT2D eigenvalue weighted by molar-refractivity contribution is 0.425. The number of halogens is 1. The highest BCUT2D eigenvalue weighted by atomic mass is 79.9. The highest BCUT2D eigenvalue weighted by Crippen LogP contribution is 2.23. The van der Waals surface area contributed by atoms with Crippen molar-refractivity contribution in [1.29, 1.82) is 0 Å². The van der Waals surface area contributed by atoms with Gasteiger partial charge < -0.3 is 4.52 Å². The summed E-state index contributed by atoms with van der Waals surface area (Å²) in [5, 5.41) is 6.43. The van der Waals surface area contributed by atoms with Gasteiger partial charge in [-0.2, -0.15) is 4.98 Å². The Morgan fingerprint density at radius 1 is 1.62 bits per heavy atom. The molecule has 0 bridgehead atoms. The summed E-state index contributed by atoms with van der Waals surface area (Å²) in [6.07, 6.45) is 0. The molecule has 0 amide bonds. The molecular formula is C8H7BrN2OS. The van der Waals surface area contributed by atoms with Gasteiger partial charge in [0.1, 0.15) is 0 Å². The van der Waals surface area contributed by atoms with E-state index in [0.29, 0.717) is 17.0 Å². The normalized spacial score (nSPS) is 10.6. The molecule has 68 valence electrons. The molecule has 0 aliphatic heterocycles. The van der Waals surface area contributed by atoms with Crippen molar-refractivity contribution in [2.24, 2.45) is 0 Å². The first kappa shape index (κ1) is 8.90. The molecule has 0 aromatic carbocycles. The SMILES string of the molecule is Cc1cc(-c2nc(CBr)no2)cs1. The summed E-state index contributed by atoms with van der Waals surface area (Å²) in [5.41, 5.74) is 1.00. The maximum atomic E-state index is 5.07. The molecule has 0 aliphatic rings. The molecule has 5 heteroatoms. The van der Waals surface area contributed by atoms with Crippen LogP contribution in [0.5, 0.6) is 0 Å². The monoisotopic (exact) mass is 258 g/mol. The van der Waals surface area contributed by atoms with E-state index in [9.17, 15) is 0 Å². The largest absolute Gasteiger partial charge is 0.334 e. The van der Waals surface area contributed by atoms with Crippen molar-refractivity contribution in [3.05, 3.63) is 22.1 Å². The van der Waals surface area contributed by atoms with E-state index < -0.39 is 0 Å². The number of alkyl halides is 1. The molecule has 0 aliphatic carbocycles. The molecular weight excluding hydrogens is 252 g/mol. The van der Waals surface area contributed by atoms with E-state index in [-0.39, 0.29) is 0 Å². The van der Waals surface area contributed by atoms with Gasteiger partial charge in [0.2, 0.25) is 0 Å². The maximum Gasteiger partial charge on any atom is 0.258 e. The molecule has 0 unspecified atom stereocenters. The van der Waals surface area contributed by atoms with Gasteiger partial charge in [0, 0.05) is 10.3 Å². The van der Waals surface area contributed by atoms with Crippen LogP contribution in [-0.2, 0) is 5.33 Å². The van der Waals surface area contributed by atoms with Crippen LogP contribution in [0, 0.1) is 6.92 Å². The van der Waals surface area contributed by atoms with E-state index in [4.69, 9.17) is 4.52 Å². The van der Waals surface area contributed by atoms with E-state index in [1.54, 1.807) is 11.3 Å². The average Bonchev–Trinajstić information content (AvgIpc) is 2.71. The van der Waals surface area contributed by atoms with Gasteiger partial charge in [0.25, 0.3) is 5.89 Å². The zero-order valence-electron chi connectivity index (χ0n) is 6.95. The fourth-order valence-electron chi connectivity index (χ4n) is 0.981. The maximum absolute atomic E-state index is 5.07. The lowest BCUT2D eigenvalue weighted by Gasteiger charge is -1.82. The van der Waals surface area contributed by atoms with Gasteiger partial charge in [-0.1, -0.05) is 21.1 Å². The van der Waals surface area contributed by atoms with Crippen molar-refractivity contribution in [3.8, 4) is 11.5 Å². The van der Waals surface area contributed by atoms with Gasteiger partial charge in [-0.3, -0.25) is 0 Å². The third-order valence-electron chi connectivity index (χ3n) is 1.57. The van der Waals surface area contributed by atoms with Crippen LogP contribution >= 0.6 is 27.3 Å². The van der Waals surface area contributed by atoms with Crippen molar-refractivity contribution in [2.75, 3.05) is 0 Å². The summed E-state index contributed by atoms with van der Waals surface area (Å²) in [6, 6.07) is 2.04. The molecule has 0 saturated carbocycles. The smallest absolute Gasteiger partial charge is 0.258 e. The van der Waals surface area contributed by atoms with Gasteiger partial charge in [-0.05, 0) is 13.0 Å². The number of aromatic nitrogens is 2. The zero-order chi connectivity index (χ0) is 9.26. The zero-order valence-corrected chi connectivity index (χ0v) is 9.35. The van der Waals surface area contributed by atoms with Gasteiger partial charge in [-0.25, -0.2) is 0 Å². The first-order valence-electron chi connectivity index (χ1n) is 3.73. The number of hydrogen-bond acceptors (Lipinski definition) is 4. The van der Waals surface area contributed by atoms with Crippen molar-refractivity contribution >= 4 is 27.3 Å². The number of nitrogens with zero attached hydrogens (tertiary/aromatic N) is 2. The molecule has 3 nitrogen and oxygen atoms in total. The fourth-order valence-corrected chi connectivity index (χ4v) is 1.89. The standard InChI is InChI=1S/C8H7BrN2OS/c1-5-2-6(4-13-5)8-10-7(3-9)11-12-8/h2,4H,3H2,1H3. The minimum absolute atomic E-state index is 0.596. The summed E-state index contributed by atoms with van der Waals surface area (Å²) in [7, 11) is 0. The van der Waals surface area contributed by atoms with Gasteiger partial charge in [0.05, 0.1) is 10.9 Å². The summed E-state index contributed by atoms with van der Waals surface area (Å²) in [4.78, 5) is 5.44. The Morgan fingerprint density at radius 3 is 3.00 bits per heavy atom. The quantitative estimate of drug-likeness (QED) is 0.778. The van der Waals surface area contributed by atoms with Gasteiger partial charge in [-0.15, -0.1) is 11.3 Å². The molecule has 2 rings (SSSR count). The van der Waals surface area contributed by atoms with Gasteiger partial charge >= 0.3 is 0 Å². The van der Waals surface area contributed by atoms with Crippen LogP contribution in [0.3, 0.4) is 0 Å². The Balaban J connectivity index is 2.35. The van der Waals surface area contributed by atoms with E-state index in [1.807, 2.05) is 11.4 Å². The van der Waals surface area contributed by atoms with Crippen LogP contribution in [0.2, 0.25) is 0 Å². The summed E-state index contributed by atoms with van der Waals surface area (Å²) in [6.45, 7) is 2.05. The third kappa shape index (κ3) is 1.81. The first-order valence-corrected chi connectivity index (χ1v) is 5.74. The summed E-state index contributed by atoms with van der Waals surface area (Å²) in [5.74, 6) is 1.28. The Hall–Kier alpha value is -0.680. The van der Waals surface area contributed by atoms with Crippen molar-refractivity contribution in [3.63, 3.8) is 0 Å². The van der Waals surface area contributed by atoms with Crippen LogP contribution in [0.15, 0.2) is 16.0 Å². The van der Waals surface area contributed by atoms with Crippen LogP contribution in [0.4, 0.5) is 0 Å². The highest BCUT2D eigenvalue weighted by molar-refractivity contribution is 9.08. The Bertz CT molecular complexity index is 410. The molecule has 0 saturated heterocycles. The molecule has 13 heavy (non-hydrogen) atoms. The molecule has 0 spiro atoms. The van der Waals surface area contributed by atoms with Crippen molar-refractivity contribution in [1.82, 2.24) is 10.1 Å². The van der Waals surface area contributed by atoms with E-state index >= 15 is 0 Å². The van der Waals surface area contributed by atoms with Crippen LogP contribution < -0.4 is 0 Å². The van der Waals surface area contributed by atoms with Crippen LogP contribution in [-0.4, -0.2) is 10.1 Å². The molecule has 2 heterocycles. The minimum atomic E-state index is 0.596. The Labute approximate surface area is 87.9 Å². The lowest BCUT2D eigenvalue weighted by atomic mass is 10.3. The molecule has 0 atom stereocenters. The van der Waals surface area contributed by atoms with E-state index in [1.165, 1.54) is 4.88 Å². The number of hydrogen-bond donors (Lipinski definition) is 0. The van der Waals surface area contributed by atoms with Crippen LogP contribution in [0.1, 0.15) is 10.7 Å². The van der Waals surface area contributed by atoms with Crippen LogP contribution in [0.25, 0.3) is 11.5 Å². The van der Waals surface area contributed by atoms with Crippen molar-refractivity contribution < 1.29 is 4.52 Å². The number of aryl methyl sites for hydroxylation is 1. The van der Waals surface area contributed by atoms with Gasteiger partial charge in [0.15, 0.2) is 5.82 Å². The molecule has 2 aromatic rings. The first-order chi connectivity index (χ1) is 6.29. The van der Waals surface area contributed by atoms with E-state index in [0.717, 1.165) is 5.56 Å². The summed E-state index contributed by atoms with van der Waals surface area (Å²) >= 11 is 4.94. The predicted molar refractivity (Wildman–Crippen MR) is 55.0 cm³/mol. The highest BCUT2D eigenvalue weighted by Gasteiger charge is 2.08. The number of thiophene rings is 1. The van der Waals surface area contributed by atoms with Crippen molar-refractivity contribution in [2.45, 2.75) is 12.3 Å². The molecule has 2 aromatic heterocycles. The minimum Gasteiger partial charge on any atom is -0.334 e. The summed E-state index contributed by atoms with van der Waals surface area (Å²) < 4.78 is 5.07. The Morgan fingerprint density at radius 2 is 2.46 bits per heavy atom. The average molecular weight is 259 g/mol. The molecule has 0 N–H and O–H groups in total. The topological polar surface area (TPSA) is 38.9 Å².